The normalized spacial score (nSPS) is 59.9. The van der Waals surface area contributed by atoms with Crippen LogP contribution in [0.5, 0.6) is 0 Å². The Morgan fingerprint density at radius 1 is 0.458 bits per heavy atom. The van der Waals surface area contributed by atoms with Crippen molar-refractivity contribution in [2.45, 2.75) is 85.0 Å². The third kappa shape index (κ3) is 2.23. The van der Waals surface area contributed by atoms with Crippen LogP contribution in [0.2, 0.25) is 0 Å². The van der Waals surface area contributed by atoms with Crippen molar-refractivity contribution < 1.29 is 0 Å². The molecule has 0 nitrogen and oxygen atoms in total. The Labute approximate surface area is 150 Å². The molecule has 0 aromatic carbocycles. The summed E-state index contributed by atoms with van der Waals surface area (Å²) in [6, 6.07) is 0. The fourth-order valence-electron chi connectivity index (χ4n) is 9.72. The second kappa shape index (κ2) is 6.02. The van der Waals surface area contributed by atoms with Gasteiger partial charge in [-0.05, 0) is 90.8 Å². The Balaban J connectivity index is 1.45. The van der Waals surface area contributed by atoms with Crippen LogP contribution < -0.4 is 0 Å². The van der Waals surface area contributed by atoms with Gasteiger partial charge in [-0.1, -0.05) is 59.3 Å². The summed E-state index contributed by atoms with van der Waals surface area (Å²) >= 11 is 0. The van der Waals surface area contributed by atoms with Crippen molar-refractivity contribution in [3.63, 3.8) is 0 Å². The summed E-state index contributed by atoms with van der Waals surface area (Å²) in [4.78, 5) is 0. The zero-order chi connectivity index (χ0) is 16.4. The van der Waals surface area contributed by atoms with Crippen molar-refractivity contribution in [3.8, 4) is 0 Å². The minimum atomic E-state index is 1.02. The second-order valence-corrected chi connectivity index (χ2v) is 10.9. The van der Waals surface area contributed by atoms with Crippen molar-refractivity contribution in [3.05, 3.63) is 0 Å². The molecule has 0 radical (unpaired) electrons. The quantitative estimate of drug-likeness (QED) is 0.459. The minimum Gasteiger partial charge on any atom is -0.0619 e. The van der Waals surface area contributed by atoms with Gasteiger partial charge in [0.1, 0.15) is 0 Å². The van der Waals surface area contributed by atoms with Crippen molar-refractivity contribution in [1.29, 1.82) is 0 Å². The van der Waals surface area contributed by atoms with E-state index in [2.05, 4.69) is 20.8 Å². The molecule has 0 spiro atoms. The van der Waals surface area contributed by atoms with Gasteiger partial charge in [0.2, 0.25) is 0 Å². The molecule has 5 aliphatic carbocycles. The van der Waals surface area contributed by atoms with Gasteiger partial charge in [-0.3, -0.25) is 0 Å². The molecule has 8 unspecified atom stereocenters. The van der Waals surface area contributed by atoms with E-state index in [9.17, 15) is 0 Å². The summed E-state index contributed by atoms with van der Waals surface area (Å²) < 4.78 is 0. The van der Waals surface area contributed by atoms with Crippen molar-refractivity contribution in [1.82, 2.24) is 0 Å². The molecule has 0 N–H and O–H groups in total. The number of fused-ring (bicyclic) bond motifs is 5. The van der Waals surface area contributed by atoms with Crippen LogP contribution in [0.3, 0.4) is 0 Å². The standard InChI is InChI=1S/C24H40/c1-14-19-10-6-4-8-17(19)12-21-22-13-18-9-5-7-11-20(18)15(2)24(22)16(3)23(14)21/h14-24H,4-13H2,1-3H3/t14?,15?,16?,17-,18?,19+,20-,21?,22?,23?,24?/m1/s1. The van der Waals surface area contributed by atoms with Gasteiger partial charge in [0, 0.05) is 0 Å². The summed E-state index contributed by atoms with van der Waals surface area (Å²) in [7, 11) is 0. The Morgan fingerprint density at radius 3 is 1.33 bits per heavy atom. The fraction of sp³-hybridized carbons (Fsp3) is 1.00. The number of hydrogen-bond acceptors (Lipinski definition) is 0. The highest BCUT2D eigenvalue weighted by molar-refractivity contribution is 5.07. The van der Waals surface area contributed by atoms with Crippen molar-refractivity contribution in [2.24, 2.45) is 65.1 Å². The third-order valence-corrected chi connectivity index (χ3v) is 10.4. The Bertz CT molecular complexity index is 425. The zero-order valence-corrected chi connectivity index (χ0v) is 16.4. The van der Waals surface area contributed by atoms with Gasteiger partial charge in [0.15, 0.2) is 0 Å². The lowest BCUT2D eigenvalue weighted by Crippen LogP contribution is -2.42. The minimum absolute atomic E-state index is 1.02. The lowest BCUT2D eigenvalue weighted by atomic mass is 9.55. The van der Waals surface area contributed by atoms with E-state index in [1.807, 2.05) is 0 Å². The SMILES string of the molecule is CC1C2C(CC3CCCC[C@@H]3C2C)C2C[C@H]3CCCC[C@H]3C(C)C12. The van der Waals surface area contributed by atoms with Crippen LogP contribution in [0.15, 0.2) is 0 Å². The van der Waals surface area contributed by atoms with E-state index in [-0.39, 0.29) is 0 Å². The highest BCUT2D eigenvalue weighted by Gasteiger charge is 2.59. The lowest BCUT2D eigenvalue weighted by Gasteiger charge is -2.50. The number of rotatable bonds is 0. The maximum Gasteiger partial charge on any atom is -0.0326 e. The van der Waals surface area contributed by atoms with Crippen LogP contribution >= 0.6 is 0 Å². The molecule has 0 saturated heterocycles. The molecule has 24 heavy (non-hydrogen) atoms. The topological polar surface area (TPSA) is 0 Å². The molecule has 5 fully saturated rings. The van der Waals surface area contributed by atoms with Crippen molar-refractivity contribution in [2.75, 3.05) is 0 Å². The van der Waals surface area contributed by atoms with Gasteiger partial charge in [0.25, 0.3) is 0 Å². The van der Waals surface area contributed by atoms with Crippen molar-refractivity contribution >= 4 is 0 Å². The van der Waals surface area contributed by atoms with Crippen LogP contribution in [-0.2, 0) is 0 Å². The van der Waals surface area contributed by atoms with Crippen LogP contribution in [0.1, 0.15) is 85.0 Å². The molecule has 11 atom stereocenters. The molecule has 0 aromatic heterocycles. The first-order valence-electron chi connectivity index (χ1n) is 11.7. The van der Waals surface area contributed by atoms with E-state index in [1.165, 1.54) is 25.7 Å². The lowest BCUT2D eigenvalue weighted by molar-refractivity contribution is -0.00725. The summed E-state index contributed by atoms with van der Waals surface area (Å²) in [6.45, 7) is 8.07. The molecular formula is C24H40. The van der Waals surface area contributed by atoms with Gasteiger partial charge in [-0.25, -0.2) is 0 Å². The van der Waals surface area contributed by atoms with Gasteiger partial charge in [-0.15, -0.1) is 0 Å². The number of hydrogen-bond donors (Lipinski definition) is 0. The summed E-state index contributed by atoms with van der Waals surface area (Å²) in [5.41, 5.74) is 0. The van der Waals surface area contributed by atoms with Crippen LogP contribution in [0.4, 0.5) is 0 Å². The summed E-state index contributed by atoms with van der Waals surface area (Å²) in [5, 5.41) is 0. The predicted octanol–water partition coefficient (Wildman–Crippen LogP) is 6.79. The average Bonchev–Trinajstić information content (AvgIpc) is 2.88. The largest absolute Gasteiger partial charge is 0.0619 e. The van der Waals surface area contributed by atoms with E-state index >= 15 is 0 Å². The molecule has 0 aromatic rings. The maximum absolute atomic E-state index is 2.70. The first kappa shape index (κ1) is 16.2. The molecule has 0 amide bonds. The summed E-state index contributed by atoms with van der Waals surface area (Å²) in [5.74, 6) is 11.9. The van der Waals surface area contributed by atoms with E-state index in [0.717, 1.165) is 65.1 Å². The van der Waals surface area contributed by atoms with Crippen LogP contribution in [0.25, 0.3) is 0 Å². The highest BCUT2D eigenvalue weighted by Crippen LogP contribution is 2.66. The average molecular weight is 329 g/mol. The highest BCUT2D eigenvalue weighted by atomic mass is 14.6. The Hall–Kier alpha value is 0. The van der Waals surface area contributed by atoms with Gasteiger partial charge >= 0.3 is 0 Å². The monoisotopic (exact) mass is 328 g/mol. The predicted molar refractivity (Wildman–Crippen MR) is 102 cm³/mol. The molecule has 0 aliphatic heterocycles. The Morgan fingerprint density at radius 2 is 0.875 bits per heavy atom. The molecule has 5 aliphatic rings. The molecule has 0 bridgehead atoms. The molecule has 136 valence electrons. The smallest absolute Gasteiger partial charge is 0.0326 e. The van der Waals surface area contributed by atoms with Crippen LogP contribution in [0, 0.1) is 65.1 Å². The molecule has 0 heterocycles. The van der Waals surface area contributed by atoms with Crippen LogP contribution in [-0.4, -0.2) is 0 Å². The van der Waals surface area contributed by atoms with Gasteiger partial charge in [-0.2, -0.15) is 0 Å². The molecule has 5 saturated carbocycles. The van der Waals surface area contributed by atoms with E-state index in [1.54, 1.807) is 38.5 Å². The first-order chi connectivity index (χ1) is 11.7. The molecular weight excluding hydrogens is 288 g/mol. The van der Waals surface area contributed by atoms with Gasteiger partial charge < -0.3 is 0 Å². The van der Waals surface area contributed by atoms with E-state index < -0.39 is 0 Å². The van der Waals surface area contributed by atoms with E-state index in [0.29, 0.717) is 0 Å². The van der Waals surface area contributed by atoms with E-state index in [4.69, 9.17) is 0 Å². The van der Waals surface area contributed by atoms with Gasteiger partial charge in [0.05, 0.1) is 0 Å². The zero-order valence-electron chi connectivity index (χ0n) is 16.4. The molecule has 0 heteroatoms. The Kier molecular flexibility index (Phi) is 4.06. The third-order valence-electron chi connectivity index (χ3n) is 10.4. The molecule has 5 rings (SSSR count). The summed E-state index contributed by atoms with van der Waals surface area (Å²) in [6.07, 6.45) is 15.7. The maximum atomic E-state index is 2.70. The first-order valence-corrected chi connectivity index (χ1v) is 11.7. The fourth-order valence-corrected chi connectivity index (χ4v) is 9.72. The second-order valence-electron chi connectivity index (χ2n) is 10.9.